The number of carbonyl (C=O) groups is 1. The average Bonchev–Trinajstić information content (AvgIpc) is 3.79. The van der Waals surface area contributed by atoms with Gasteiger partial charge in [0, 0.05) is 61.0 Å². The van der Waals surface area contributed by atoms with Crippen molar-refractivity contribution in [3.8, 4) is 22.0 Å². The van der Waals surface area contributed by atoms with Gasteiger partial charge in [0.05, 0.1) is 28.2 Å². The third kappa shape index (κ3) is 8.26. The first kappa shape index (κ1) is 32.6. The highest BCUT2D eigenvalue weighted by atomic mass is 32.1. The minimum absolute atomic E-state index is 0.123. The van der Waals surface area contributed by atoms with Crippen LogP contribution in [-0.2, 0) is 17.9 Å². The third-order valence-corrected chi connectivity index (χ3v) is 9.08. The molecule has 0 saturated heterocycles. The summed E-state index contributed by atoms with van der Waals surface area (Å²) in [6, 6.07) is 21.1. The quantitative estimate of drug-likeness (QED) is 0.114. The molecule has 0 fully saturated rings. The standard InChI is InChI=1S/C35H45N7O2S/c1-5-17-41(20-21-43)28-10-7-26(8-11-28)35-38-32-23-27(9-13-33(32)42(35)19-6-18-40(3)4)31(22-25(2)44)36-24-29-12-14-34(45-29)30-15-16-37-39-30/h7-16,23,31,36,43H,5-6,17-22,24H2,1-4H3,(H,37,39). The van der Waals surface area contributed by atoms with Crippen LogP contribution in [0.4, 0.5) is 5.69 Å². The van der Waals surface area contributed by atoms with E-state index in [2.05, 4.69) is 105 Å². The van der Waals surface area contributed by atoms with Crippen LogP contribution in [-0.4, -0.2) is 75.9 Å². The number of nitrogens with zero attached hydrogens (tertiary/aromatic N) is 5. The third-order valence-electron chi connectivity index (χ3n) is 7.96. The molecule has 3 heterocycles. The topological polar surface area (TPSA) is 102 Å². The number of aliphatic hydroxyl groups excluding tert-OH is 1. The Morgan fingerprint density at radius 2 is 1.89 bits per heavy atom. The molecule has 0 saturated carbocycles. The molecule has 2 aromatic carbocycles. The molecular formula is C35H45N7O2S. The van der Waals surface area contributed by atoms with Gasteiger partial charge < -0.3 is 24.8 Å². The van der Waals surface area contributed by atoms with Gasteiger partial charge in [0.15, 0.2) is 0 Å². The molecule has 0 aliphatic rings. The maximum Gasteiger partial charge on any atom is 0.141 e. The second-order valence-electron chi connectivity index (χ2n) is 11.8. The van der Waals surface area contributed by atoms with E-state index in [4.69, 9.17) is 4.98 Å². The van der Waals surface area contributed by atoms with Gasteiger partial charge in [0.1, 0.15) is 11.6 Å². The van der Waals surface area contributed by atoms with Crippen LogP contribution in [0.15, 0.2) is 66.9 Å². The molecule has 0 radical (unpaired) electrons. The highest BCUT2D eigenvalue weighted by Gasteiger charge is 2.19. The lowest BCUT2D eigenvalue weighted by Crippen LogP contribution is -2.27. The number of nitrogens with one attached hydrogen (secondary N) is 2. The Morgan fingerprint density at radius 1 is 1.07 bits per heavy atom. The van der Waals surface area contributed by atoms with Crippen molar-refractivity contribution in [2.24, 2.45) is 0 Å². The molecule has 0 aliphatic carbocycles. The zero-order valence-corrected chi connectivity index (χ0v) is 27.6. The number of imidazole rings is 1. The summed E-state index contributed by atoms with van der Waals surface area (Å²) < 4.78 is 2.32. The van der Waals surface area contributed by atoms with Gasteiger partial charge in [-0.1, -0.05) is 13.0 Å². The van der Waals surface area contributed by atoms with Crippen molar-refractivity contribution in [2.45, 2.75) is 52.2 Å². The lowest BCUT2D eigenvalue weighted by molar-refractivity contribution is -0.117. The predicted octanol–water partition coefficient (Wildman–Crippen LogP) is 6.13. The van der Waals surface area contributed by atoms with Crippen LogP contribution in [0.25, 0.3) is 33.0 Å². The van der Waals surface area contributed by atoms with E-state index in [-0.39, 0.29) is 18.4 Å². The Morgan fingerprint density at radius 3 is 2.58 bits per heavy atom. The number of benzene rings is 2. The number of aliphatic hydroxyl groups is 1. The minimum Gasteiger partial charge on any atom is -0.395 e. The van der Waals surface area contributed by atoms with Crippen molar-refractivity contribution in [1.82, 2.24) is 30.0 Å². The Kier molecular flexibility index (Phi) is 11.2. The maximum absolute atomic E-state index is 12.3. The lowest BCUT2D eigenvalue weighted by atomic mass is 10.0. The zero-order valence-electron chi connectivity index (χ0n) is 26.8. The molecule has 0 bridgehead atoms. The number of ketones is 1. The first-order valence-corrected chi connectivity index (χ1v) is 16.6. The number of fused-ring (bicyclic) bond motifs is 1. The molecule has 10 heteroatoms. The number of aromatic amines is 1. The summed E-state index contributed by atoms with van der Waals surface area (Å²) in [7, 11) is 4.20. The van der Waals surface area contributed by atoms with Gasteiger partial charge in [-0.05, 0) is 101 Å². The molecule has 45 heavy (non-hydrogen) atoms. The van der Waals surface area contributed by atoms with E-state index in [1.165, 1.54) is 4.88 Å². The Hall–Kier alpha value is -3.83. The van der Waals surface area contributed by atoms with Crippen LogP contribution in [0, 0.1) is 0 Å². The SMILES string of the molecule is CCCN(CCO)c1ccc(-c2nc3cc(C(CC(C)=O)NCc4ccc(-c5ccn[nH]5)s4)ccc3n2CCCN(C)C)cc1. The summed E-state index contributed by atoms with van der Waals surface area (Å²) in [5, 5.41) is 20.3. The number of carbonyl (C=O) groups excluding carboxylic acids is 1. The van der Waals surface area contributed by atoms with E-state index in [1.54, 1.807) is 24.5 Å². The first-order valence-electron chi connectivity index (χ1n) is 15.8. The molecular weight excluding hydrogens is 582 g/mol. The smallest absolute Gasteiger partial charge is 0.141 e. The highest BCUT2D eigenvalue weighted by molar-refractivity contribution is 7.15. The molecule has 5 aromatic rings. The average molecular weight is 628 g/mol. The van der Waals surface area contributed by atoms with Crippen LogP contribution in [0.3, 0.4) is 0 Å². The number of anilines is 1. The number of H-pyrrole nitrogens is 1. The zero-order chi connectivity index (χ0) is 31.8. The number of thiophene rings is 1. The molecule has 0 spiro atoms. The number of hydrogen-bond donors (Lipinski definition) is 3. The van der Waals surface area contributed by atoms with Gasteiger partial charge in [-0.3, -0.25) is 9.89 Å². The number of Topliss-reactive ketones (excluding diaryl/α,β-unsaturated/α-hetero) is 1. The lowest BCUT2D eigenvalue weighted by Gasteiger charge is -2.23. The van der Waals surface area contributed by atoms with E-state index < -0.39 is 0 Å². The Labute approximate surface area is 269 Å². The van der Waals surface area contributed by atoms with Crippen LogP contribution in [0.5, 0.6) is 0 Å². The summed E-state index contributed by atoms with van der Waals surface area (Å²) in [6.45, 7) is 7.95. The second-order valence-corrected chi connectivity index (χ2v) is 13.0. The maximum atomic E-state index is 12.3. The van der Waals surface area contributed by atoms with Crippen molar-refractivity contribution in [3.05, 3.63) is 77.3 Å². The highest BCUT2D eigenvalue weighted by Crippen LogP contribution is 2.31. The fourth-order valence-electron chi connectivity index (χ4n) is 5.77. The van der Waals surface area contributed by atoms with Gasteiger partial charge in [0.2, 0.25) is 0 Å². The fourth-order valence-corrected chi connectivity index (χ4v) is 6.70. The number of aryl methyl sites for hydroxylation is 1. The molecule has 0 amide bonds. The number of rotatable bonds is 17. The largest absolute Gasteiger partial charge is 0.395 e. The monoisotopic (exact) mass is 627 g/mol. The summed E-state index contributed by atoms with van der Waals surface area (Å²) in [4.78, 5) is 24.3. The van der Waals surface area contributed by atoms with Crippen molar-refractivity contribution in [2.75, 3.05) is 45.2 Å². The van der Waals surface area contributed by atoms with E-state index in [0.29, 0.717) is 19.5 Å². The van der Waals surface area contributed by atoms with Crippen LogP contribution >= 0.6 is 11.3 Å². The van der Waals surface area contributed by atoms with Gasteiger partial charge >= 0.3 is 0 Å². The Balaban J connectivity index is 1.43. The fraction of sp³-hybridized carbons (Fsp3) is 0.400. The minimum atomic E-state index is -0.123. The van der Waals surface area contributed by atoms with Crippen LogP contribution in [0.2, 0.25) is 0 Å². The van der Waals surface area contributed by atoms with Gasteiger partial charge in [-0.25, -0.2) is 4.98 Å². The Bertz CT molecular complexity index is 1650. The number of aromatic nitrogens is 4. The normalized spacial score (nSPS) is 12.3. The van der Waals surface area contributed by atoms with E-state index >= 15 is 0 Å². The molecule has 5 rings (SSSR count). The molecule has 238 valence electrons. The van der Waals surface area contributed by atoms with Crippen molar-refractivity contribution >= 4 is 33.8 Å². The van der Waals surface area contributed by atoms with E-state index in [9.17, 15) is 9.90 Å². The summed E-state index contributed by atoms with van der Waals surface area (Å²) in [5.74, 6) is 1.09. The van der Waals surface area contributed by atoms with Crippen LogP contribution < -0.4 is 10.2 Å². The van der Waals surface area contributed by atoms with Crippen molar-refractivity contribution < 1.29 is 9.90 Å². The molecule has 0 aliphatic heterocycles. The summed E-state index contributed by atoms with van der Waals surface area (Å²) >= 11 is 1.72. The first-order chi connectivity index (χ1) is 21.9. The van der Waals surface area contributed by atoms with Gasteiger partial charge in [-0.15, -0.1) is 11.3 Å². The predicted molar refractivity (Wildman–Crippen MR) is 185 cm³/mol. The van der Waals surface area contributed by atoms with Crippen molar-refractivity contribution in [3.63, 3.8) is 0 Å². The summed E-state index contributed by atoms with van der Waals surface area (Å²) in [6.07, 6.45) is 4.19. The molecule has 9 nitrogen and oxygen atoms in total. The van der Waals surface area contributed by atoms with Crippen LogP contribution in [0.1, 0.15) is 49.6 Å². The summed E-state index contributed by atoms with van der Waals surface area (Å²) in [5.41, 5.74) is 6.25. The van der Waals surface area contributed by atoms with Crippen molar-refractivity contribution in [1.29, 1.82) is 0 Å². The van der Waals surface area contributed by atoms with E-state index in [0.717, 1.165) is 76.7 Å². The molecule has 1 unspecified atom stereocenters. The molecule has 3 N–H and O–H groups in total. The second kappa shape index (κ2) is 15.4. The molecule has 1 atom stereocenters. The van der Waals surface area contributed by atoms with E-state index in [1.807, 2.05) is 6.07 Å². The van der Waals surface area contributed by atoms with Gasteiger partial charge in [0.25, 0.3) is 0 Å². The molecule has 3 aromatic heterocycles. The van der Waals surface area contributed by atoms with Gasteiger partial charge in [-0.2, -0.15) is 5.10 Å². The number of hydrogen-bond acceptors (Lipinski definition) is 8.